The van der Waals surface area contributed by atoms with E-state index in [1.165, 1.54) is 12.1 Å². The maximum atomic E-state index is 10.8. The van der Waals surface area contributed by atoms with E-state index in [0.29, 0.717) is 22.1 Å². The Morgan fingerprint density at radius 2 is 1.95 bits per heavy atom. The van der Waals surface area contributed by atoms with Gasteiger partial charge in [0.1, 0.15) is 11.5 Å². The van der Waals surface area contributed by atoms with Crippen LogP contribution < -0.4 is 4.74 Å². The SMILES string of the molecule is Cc1ccc([N+](=O)[O-])cc1Oc1ccc([C@@H](C)O)cc1Cl. The minimum absolute atomic E-state index is 0.0488. The van der Waals surface area contributed by atoms with Gasteiger partial charge in [-0.2, -0.15) is 0 Å². The number of ether oxygens (including phenoxy) is 1. The molecule has 2 rings (SSSR count). The van der Waals surface area contributed by atoms with Gasteiger partial charge in [0, 0.05) is 6.07 Å². The number of aliphatic hydroxyl groups is 1. The Morgan fingerprint density at radius 1 is 1.24 bits per heavy atom. The normalized spacial score (nSPS) is 12.0. The molecule has 0 aliphatic heterocycles. The van der Waals surface area contributed by atoms with Crippen LogP contribution in [0.5, 0.6) is 11.5 Å². The molecule has 0 fully saturated rings. The number of aryl methyl sites for hydroxylation is 1. The lowest BCUT2D eigenvalue weighted by molar-refractivity contribution is -0.384. The number of nitrogens with zero attached hydrogens (tertiary/aromatic N) is 1. The predicted molar refractivity (Wildman–Crippen MR) is 80.0 cm³/mol. The summed E-state index contributed by atoms with van der Waals surface area (Å²) < 4.78 is 5.65. The number of benzene rings is 2. The van der Waals surface area contributed by atoms with E-state index in [1.54, 1.807) is 38.1 Å². The smallest absolute Gasteiger partial charge is 0.273 e. The lowest BCUT2D eigenvalue weighted by Gasteiger charge is -2.12. The second-order valence-corrected chi connectivity index (χ2v) is 5.08. The van der Waals surface area contributed by atoms with Crippen LogP contribution in [0.2, 0.25) is 5.02 Å². The zero-order chi connectivity index (χ0) is 15.6. The molecule has 0 bridgehead atoms. The third-order valence-electron chi connectivity index (χ3n) is 3.04. The van der Waals surface area contributed by atoms with Crippen LogP contribution >= 0.6 is 11.6 Å². The molecule has 1 N–H and O–H groups in total. The van der Waals surface area contributed by atoms with Gasteiger partial charge in [0.25, 0.3) is 5.69 Å². The van der Waals surface area contributed by atoms with Crippen molar-refractivity contribution in [1.82, 2.24) is 0 Å². The molecule has 0 aromatic heterocycles. The van der Waals surface area contributed by atoms with Gasteiger partial charge in [-0.05, 0) is 43.2 Å². The van der Waals surface area contributed by atoms with Crippen LogP contribution in [0.25, 0.3) is 0 Å². The first-order valence-electron chi connectivity index (χ1n) is 6.29. The average Bonchev–Trinajstić information content (AvgIpc) is 2.42. The van der Waals surface area contributed by atoms with Crippen LogP contribution in [0, 0.1) is 17.0 Å². The summed E-state index contributed by atoms with van der Waals surface area (Å²) in [6, 6.07) is 9.32. The van der Waals surface area contributed by atoms with E-state index < -0.39 is 11.0 Å². The van der Waals surface area contributed by atoms with E-state index in [0.717, 1.165) is 5.56 Å². The quantitative estimate of drug-likeness (QED) is 0.671. The zero-order valence-electron chi connectivity index (χ0n) is 11.5. The lowest BCUT2D eigenvalue weighted by atomic mass is 10.1. The number of nitro benzene ring substituents is 1. The third-order valence-corrected chi connectivity index (χ3v) is 3.34. The number of non-ortho nitro benzene ring substituents is 1. The summed E-state index contributed by atoms with van der Waals surface area (Å²) in [6.07, 6.45) is -0.629. The summed E-state index contributed by atoms with van der Waals surface area (Å²) in [5.74, 6) is 0.751. The van der Waals surface area contributed by atoms with Gasteiger partial charge in [-0.3, -0.25) is 10.1 Å². The molecule has 0 spiro atoms. The van der Waals surface area contributed by atoms with Crippen molar-refractivity contribution < 1.29 is 14.8 Å². The summed E-state index contributed by atoms with van der Waals surface area (Å²) in [5, 5.41) is 20.6. The molecule has 0 radical (unpaired) electrons. The van der Waals surface area contributed by atoms with Crippen molar-refractivity contribution in [2.24, 2.45) is 0 Å². The van der Waals surface area contributed by atoms with Crippen LogP contribution in [-0.4, -0.2) is 10.0 Å². The number of nitro groups is 1. The van der Waals surface area contributed by atoms with Gasteiger partial charge in [0.2, 0.25) is 0 Å². The van der Waals surface area contributed by atoms with E-state index in [1.807, 2.05) is 0 Å². The molecule has 0 aliphatic rings. The van der Waals surface area contributed by atoms with Crippen LogP contribution in [0.1, 0.15) is 24.2 Å². The van der Waals surface area contributed by atoms with Crippen molar-refractivity contribution in [3.8, 4) is 11.5 Å². The van der Waals surface area contributed by atoms with Gasteiger partial charge in [-0.1, -0.05) is 17.7 Å². The summed E-state index contributed by atoms with van der Waals surface area (Å²) in [6.45, 7) is 3.42. The zero-order valence-corrected chi connectivity index (χ0v) is 12.3. The van der Waals surface area contributed by atoms with E-state index in [2.05, 4.69) is 0 Å². The second kappa shape index (κ2) is 6.11. The summed E-state index contributed by atoms with van der Waals surface area (Å²) in [4.78, 5) is 10.3. The van der Waals surface area contributed by atoms with Crippen LogP contribution in [0.15, 0.2) is 36.4 Å². The first-order valence-corrected chi connectivity index (χ1v) is 6.66. The Bertz CT molecular complexity index is 685. The molecular weight excluding hydrogens is 294 g/mol. The number of hydrogen-bond acceptors (Lipinski definition) is 4. The standard InChI is InChI=1S/C15H14ClNO4/c1-9-3-5-12(17(19)20)8-15(9)21-14-6-4-11(10(2)18)7-13(14)16/h3-8,10,18H,1-2H3/t10-/m1/s1. The molecule has 0 saturated heterocycles. The molecule has 110 valence electrons. The third kappa shape index (κ3) is 3.51. The van der Waals surface area contributed by atoms with E-state index in [9.17, 15) is 15.2 Å². The predicted octanol–water partition coefficient (Wildman–Crippen LogP) is 4.40. The Morgan fingerprint density at radius 3 is 2.52 bits per heavy atom. The average molecular weight is 308 g/mol. The fourth-order valence-corrected chi connectivity index (χ4v) is 2.02. The molecule has 0 aliphatic carbocycles. The number of aliphatic hydroxyl groups excluding tert-OH is 1. The van der Waals surface area contributed by atoms with Crippen LogP contribution in [0.4, 0.5) is 5.69 Å². The molecule has 21 heavy (non-hydrogen) atoms. The molecule has 2 aromatic rings. The maximum absolute atomic E-state index is 10.8. The number of hydrogen-bond donors (Lipinski definition) is 1. The molecule has 0 saturated carbocycles. The van der Waals surface area contributed by atoms with Crippen molar-refractivity contribution in [3.05, 3.63) is 62.7 Å². The Hall–Kier alpha value is -2.11. The highest BCUT2D eigenvalue weighted by Gasteiger charge is 2.12. The Labute approximate surface area is 126 Å². The molecular formula is C15H14ClNO4. The van der Waals surface area contributed by atoms with Crippen molar-refractivity contribution in [2.45, 2.75) is 20.0 Å². The largest absolute Gasteiger partial charge is 0.455 e. The maximum Gasteiger partial charge on any atom is 0.273 e. The summed E-state index contributed by atoms with van der Waals surface area (Å²) >= 11 is 6.11. The number of halogens is 1. The topological polar surface area (TPSA) is 72.6 Å². The van der Waals surface area contributed by atoms with E-state index >= 15 is 0 Å². The molecule has 0 amide bonds. The minimum Gasteiger partial charge on any atom is -0.455 e. The fraction of sp³-hybridized carbons (Fsp3) is 0.200. The van der Waals surface area contributed by atoms with Gasteiger partial charge in [-0.25, -0.2) is 0 Å². The molecule has 5 nitrogen and oxygen atoms in total. The van der Waals surface area contributed by atoms with Crippen LogP contribution in [-0.2, 0) is 0 Å². The molecule has 1 atom stereocenters. The van der Waals surface area contributed by atoms with Gasteiger partial charge >= 0.3 is 0 Å². The Balaban J connectivity index is 2.34. The van der Waals surface area contributed by atoms with Crippen molar-refractivity contribution >= 4 is 17.3 Å². The van der Waals surface area contributed by atoms with Gasteiger partial charge in [0.15, 0.2) is 0 Å². The molecule has 2 aromatic carbocycles. The van der Waals surface area contributed by atoms with Gasteiger partial charge in [-0.15, -0.1) is 0 Å². The highest BCUT2D eigenvalue weighted by Crippen LogP contribution is 2.34. The molecule has 0 unspecified atom stereocenters. The first kappa shape index (κ1) is 15.3. The molecule has 6 heteroatoms. The van der Waals surface area contributed by atoms with Crippen molar-refractivity contribution in [2.75, 3.05) is 0 Å². The highest BCUT2D eigenvalue weighted by molar-refractivity contribution is 6.32. The minimum atomic E-state index is -0.629. The second-order valence-electron chi connectivity index (χ2n) is 4.67. The monoisotopic (exact) mass is 307 g/mol. The van der Waals surface area contributed by atoms with Crippen molar-refractivity contribution in [3.63, 3.8) is 0 Å². The van der Waals surface area contributed by atoms with Gasteiger partial charge < -0.3 is 9.84 Å². The van der Waals surface area contributed by atoms with Crippen molar-refractivity contribution in [1.29, 1.82) is 0 Å². The highest BCUT2D eigenvalue weighted by atomic mass is 35.5. The summed E-state index contributed by atoms with van der Waals surface area (Å²) in [5.41, 5.74) is 1.38. The number of rotatable bonds is 4. The summed E-state index contributed by atoms with van der Waals surface area (Å²) in [7, 11) is 0. The molecule has 0 heterocycles. The van der Waals surface area contributed by atoms with Crippen LogP contribution in [0.3, 0.4) is 0 Å². The Kier molecular flexibility index (Phi) is 4.45. The van der Waals surface area contributed by atoms with Gasteiger partial charge in [0.05, 0.1) is 22.1 Å². The fourth-order valence-electron chi connectivity index (χ4n) is 1.79. The van der Waals surface area contributed by atoms with E-state index in [4.69, 9.17) is 16.3 Å². The lowest BCUT2D eigenvalue weighted by Crippen LogP contribution is -1.94. The first-order chi connectivity index (χ1) is 9.88. The van der Waals surface area contributed by atoms with E-state index in [-0.39, 0.29) is 5.69 Å².